The molecule has 1 aromatic rings. The second-order valence-corrected chi connectivity index (χ2v) is 6.16. The van der Waals surface area contributed by atoms with E-state index >= 15 is 0 Å². The van der Waals surface area contributed by atoms with Crippen LogP contribution in [-0.2, 0) is 0 Å². The van der Waals surface area contributed by atoms with Gasteiger partial charge in [0.15, 0.2) is 0 Å². The summed E-state index contributed by atoms with van der Waals surface area (Å²) >= 11 is 0. The van der Waals surface area contributed by atoms with E-state index in [0.717, 1.165) is 0 Å². The van der Waals surface area contributed by atoms with Crippen molar-refractivity contribution >= 4 is 5.91 Å². The summed E-state index contributed by atoms with van der Waals surface area (Å²) in [6, 6.07) is 7.56. The van der Waals surface area contributed by atoms with Gasteiger partial charge in [-0.25, -0.2) is 0 Å². The Morgan fingerprint density at radius 1 is 1.24 bits per heavy atom. The van der Waals surface area contributed by atoms with Crippen molar-refractivity contribution in [1.82, 2.24) is 4.90 Å². The standard InChI is InChI=1S/C17H24N2O2/c18-15(13-6-2-1-3-7-13)12-19-10-11-21-16-9-5-4-8-14(16)17(19)20/h4-5,8-9,13,15H,1-3,6-7,10-12,18H2. The number of hydrogen-bond donors (Lipinski definition) is 1. The van der Waals surface area contributed by atoms with E-state index in [1.54, 1.807) is 0 Å². The molecule has 1 atom stereocenters. The Hall–Kier alpha value is -1.55. The molecule has 0 bridgehead atoms. The molecule has 114 valence electrons. The zero-order chi connectivity index (χ0) is 14.7. The van der Waals surface area contributed by atoms with Crippen LogP contribution in [-0.4, -0.2) is 36.5 Å². The number of rotatable bonds is 3. The highest BCUT2D eigenvalue weighted by Gasteiger charge is 2.27. The van der Waals surface area contributed by atoms with E-state index in [9.17, 15) is 4.79 Å². The number of carbonyl (C=O) groups is 1. The summed E-state index contributed by atoms with van der Waals surface area (Å²) in [5.41, 5.74) is 7.04. The van der Waals surface area contributed by atoms with Crippen molar-refractivity contribution in [3.63, 3.8) is 0 Å². The lowest BCUT2D eigenvalue weighted by molar-refractivity contribution is 0.0727. The Labute approximate surface area is 126 Å². The normalized spacial score (nSPS) is 21.4. The fourth-order valence-corrected chi connectivity index (χ4v) is 3.45. The Balaban J connectivity index is 1.69. The number of benzene rings is 1. The molecule has 1 heterocycles. The topological polar surface area (TPSA) is 55.6 Å². The maximum Gasteiger partial charge on any atom is 0.257 e. The van der Waals surface area contributed by atoms with Crippen LogP contribution >= 0.6 is 0 Å². The minimum atomic E-state index is 0.0503. The molecule has 1 unspecified atom stereocenters. The molecule has 1 fully saturated rings. The number of carbonyl (C=O) groups excluding carboxylic acids is 1. The van der Waals surface area contributed by atoms with Gasteiger partial charge in [-0.15, -0.1) is 0 Å². The van der Waals surface area contributed by atoms with E-state index in [4.69, 9.17) is 10.5 Å². The molecule has 2 aliphatic rings. The number of nitrogens with zero attached hydrogens (tertiary/aromatic N) is 1. The fourth-order valence-electron chi connectivity index (χ4n) is 3.45. The molecule has 2 N–H and O–H groups in total. The average molecular weight is 288 g/mol. The lowest BCUT2D eigenvalue weighted by Gasteiger charge is -2.31. The van der Waals surface area contributed by atoms with Crippen LogP contribution in [0.25, 0.3) is 0 Å². The fraction of sp³-hybridized carbons (Fsp3) is 0.588. The first-order chi connectivity index (χ1) is 10.3. The van der Waals surface area contributed by atoms with Crippen LogP contribution in [0.3, 0.4) is 0 Å². The Bertz CT molecular complexity index is 497. The summed E-state index contributed by atoms with van der Waals surface area (Å²) in [5.74, 6) is 1.30. The first-order valence-electron chi connectivity index (χ1n) is 8.02. The van der Waals surface area contributed by atoms with E-state index in [1.165, 1.54) is 32.1 Å². The SMILES string of the molecule is NC(CN1CCOc2ccccc2C1=O)C1CCCCC1. The molecule has 0 aromatic heterocycles. The lowest BCUT2D eigenvalue weighted by atomic mass is 9.84. The molecule has 0 radical (unpaired) electrons. The van der Waals surface area contributed by atoms with Crippen molar-refractivity contribution < 1.29 is 9.53 Å². The predicted molar refractivity (Wildman–Crippen MR) is 82.4 cm³/mol. The molecule has 4 heteroatoms. The van der Waals surface area contributed by atoms with E-state index in [-0.39, 0.29) is 11.9 Å². The van der Waals surface area contributed by atoms with Gasteiger partial charge in [0, 0.05) is 12.6 Å². The molecule has 0 saturated heterocycles. The third-order valence-corrected chi connectivity index (χ3v) is 4.71. The smallest absolute Gasteiger partial charge is 0.257 e. The molecule has 1 aliphatic heterocycles. The average Bonchev–Trinajstić information content (AvgIpc) is 2.69. The van der Waals surface area contributed by atoms with E-state index in [0.29, 0.717) is 36.9 Å². The van der Waals surface area contributed by atoms with Gasteiger partial charge >= 0.3 is 0 Å². The molecule has 1 aromatic carbocycles. The molecule has 1 saturated carbocycles. The monoisotopic (exact) mass is 288 g/mol. The summed E-state index contributed by atoms with van der Waals surface area (Å²) in [7, 11) is 0. The van der Waals surface area contributed by atoms with E-state index < -0.39 is 0 Å². The van der Waals surface area contributed by atoms with E-state index in [2.05, 4.69) is 0 Å². The van der Waals surface area contributed by atoms with Gasteiger partial charge in [-0.05, 0) is 30.9 Å². The Kier molecular flexibility index (Phi) is 4.44. The highest BCUT2D eigenvalue weighted by Crippen LogP contribution is 2.27. The minimum Gasteiger partial charge on any atom is -0.491 e. The van der Waals surface area contributed by atoms with Crippen molar-refractivity contribution in [2.24, 2.45) is 11.7 Å². The summed E-state index contributed by atoms with van der Waals surface area (Å²) < 4.78 is 5.67. The number of fused-ring (bicyclic) bond motifs is 1. The first kappa shape index (κ1) is 14.4. The molecular weight excluding hydrogens is 264 g/mol. The molecule has 1 amide bonds. The molecule has 0 spiro atoms. The maximum absolute atomic E-state index is 12.6. The highest BCUT2D eigenvalue weighted by molar-refractivity contribution is 5.97. The highest BCUT2D eigenvalue weighted by atomic mass is 16.5. The number of ether oxygens (including phenoxy) is 1. The maximum atomic E-state index is 12.6. The molecule has 21 heavy (non-hydrogen) atoms. The van der Waals surface area contributed by atoms with Gasteiger partial charge in [0.2, 0.25) is 0 Å². The van der Waals surface area contributed by atoms with Gasteiger partial charge in [0.05, 0.1) is 12.1 Å². The zero-order valence-corrected chi connectivity index (χ0v) is 12.5. The van der Waals surface area contributed by atoms with Crippen molar-refractivity contribution in [2.75, 3.05) is 19.7 Å². The number of amides is 1. The summed E-state index contributed by atoms with van der Waals surface area (Å²) in [6.45, 7) is 1.80. The van der Waals surface area contributed by atoms with Gasteiger partial charge in [-0.3, -0.25) is 4.79 Å². The number of para-hydroxylation sites is 1. The summed E-state index contributed by atoms with van der Waals surface area (Å²) in [4.78, 5) is 14.5. The second-order valence-electron chi connectivity index (χ2n) is 6.16. The Morgan fingerprint density at radius 2 is 2.00 bits per heavy atom. The third kappa shape index (κ3) is 3.21. The summed E-state index contributed by atoms with van der Waals surface area (Å²) in [5, 5.41) is 0. The number of nitrogens with two attached hydrogens (primary N) is 1. The number of hydrogen-bond acceptors (Lipinski definition) is 3. The van der Waals surface area contributed by atoms with Crippen LogP contribution in [0.5, 0.6) is 5.75 Å². The van der Waals surface area contributed by atoms with Crippen molar-refractivity contribution in [3.8, 4) is 5.75 Å². The first-order valence-corrected chi connectivity index (χ1v) is 8.02. The predicted octanol–water partition coefficient (Wildman–Crippen LogP) is 2.43. The second kappa shape index (κ2) is 6.48. The van der Waals surface area contributed by atoms with Crippen molar-refractivity contribution in [3.05, 3.63) is 29.8 Å². The van der Waals surface area contributed by atoms with Gasteiger partial charge in [-0.2, -0.15) is 0 Å². The van der Waals surface area contributed by atoms with Gasteiger partial charge < -0.3 is 15.4 Å². The van der Waals surface area contributed by atoms with Gasteiger partial charge in [0.25, 0.3) is 5.91 Å². The lowest BCUT2D eigenvalue weighted by Crippen LogP contribution is -2.45. The van der Waals surface area contributed by atoms with Crippen LogP contribution in [0.4, 0.5) is 0 Å². The van der Waals surface area contributed by atoms with Gasteiger partial charge in [0.1, 0.15) is 12.4 Å². The quantitative estimate of drug-likeness (QED) is 0.929. The molecular formula is C17H24N2O2. The van der Waals surface area contributed by atoms with Crippen molar-refractivity contribution in [1.29, 1.82) is 0 Å². The van der Waals surface area contributed by atoms with Crippen LogP contribution in [0.1, 0.15) is 42.5 Å². The van der Waals surface area contributed by atoms with Crippen molar-refractivity contribution in [2.45, 2.75) is 38.1 Å². The van der Waals surface area contributed by atoms with Crippen LogP contribution in [0.15, 0.2) is 24.3 Å². The Morgan fingerprint density at radius 3 is 2.81 bits per heavy atom. The molecule has 1 aliphatic carbocycles. The van der Waals surface area contributed by atoms with Crippen LogP contribution in [0, 0.1) is 5.92 Å². The largest absolute Gasteiger partial charge is 0.491 e. The molecule has 4 nitrogen and oxygen atoms in total. The summed E-state index contributed by atoms with van der Waals surface area (Å²) in [6.07, 6.45) is 6.29. The molecule has 3 rings (SSSR count). The van der Waals surface area contributed by atoms with E-state index in [1.807, 2.05) is 29.2 Å². The minimum absolute atomic E-state index is 0.0503. The van der Waals surface area contributed by atoms with Crippen LogP contribution in [0.2, 0.25) is 0 Å². The third-order valence-electron chi connectivity index (χ3n) is 4.71. The zero-order valence-electron chi connectivity index (χ0n) is 12.5. The van der Waals surface area contributed by atoms with Crippen LogP contribution < -0.4 is 10.5 Å². The van der Waals surface area contributed by atoms with Gasteiger partial charge in [-0.1, -0.05) is 31.4 Å².